The number of ether oxygens (including phenoxy) is 1. The van der Waals surface area contributed by atoms with Crippen LogP contribution in [0, 0.1) is 0 Å². The lowest BCUT2D eigenvalue weighted by atomic mass is 10.1. The summed E-state index contributed by atoms with van der Waals surface area (Å²) in [6.07, 6.45) is 2.93. The number of nitrogen functional groups attached to an aromatic ring is 1. The fourth-order valence-electron chi connectivity index (χ4n) is 2.50. The predicted octanol–water partition coefficient (Wildman–Crippen LogP) is 1.09. The van der Waals surface area contributed by atoms with Crippen LogP contribution in [-0.2, 0) is 4.74 Å². The topological polar surface area (TPSA) is 148 Å². The SMILES string of the molecule is CSc1nc(N)nc2c1ncn2[C@H]1C[C@H](N=[N+]=[N-])[C@@H](CO)O1. The van der Waals surface area contributed by atoms with Gasteiger partial charge in [0, 0.05) is 11.3 Å². The zero-order valence-electron chi connectivity index (χ0n) is 11.7. The number of fused-ring (bicyclic) bond motifs is 1. The Morgan fingerprint density at radius 1 is 1.64 bits per heavy atom. The van der Waals surface area contributed by atoms with Gasteiger partial charge in [-0.25, -0.2) is 9.97 Å². The van der Waals surface area contributed by atoms with E-state index >= 15 is 0 Å². The van der Waals surface area contributed by atoms with E-state index in [1.165, 1.54) is 11.8 Å². The molecule has 3 N–H and O–H groups in total. The number of azide groups is 1. The summed E-state index contributed by atoms with van der Waals surface area (Å²) in [7, 11) is 0. The molecule has 0 spiro atoms. The number of hydrogen-bond acceptors (Lipinski definition) is 8. The van der Waals surface area contributed by atoms with Crippen LogP contribution in [0.3, 0.4) is 0 Å². The van der Waals surface area contributed by atoms with E-state index in [9.17, 15) is 5.11 Å². The van der Waals surface area contributed by atoms with Gasteiger partial charge < -0.3 is 15.6 Å². The molecular weight excluding hydrogens is 308 g/mol. The zero-order chi connectivity index (χ0) is 15.7. The monoisotopic (exact) mass is 322 g/mol. The fraction of sp³-hybridized carbons (Fsp3) is 0.545. The quantitative estimate of drug-likeness (QED) is 0.281. The number of aromatic nitrogens is 4. The third-order valence-corrected chi connectivity index (χ3v) is 4.17. The summed E-state index contributed by atoms with van der Waals surface area (Å²) in [5.41, 5.74) is 15.5. The van der Waals surface area contributed by atoms with Crippen molar-refractivity contribution >= 4 is 28.9 Å². The van der Waals surface area contributed by atoms with Gasteiger partial charge in [-0.2, -0.15) is 4.98 Å². The summed E-state index contributed by atoms with van der Waals surface area (Å²) in [4.78, 5) is 15.5. The molecule has 116 valence electrons. The lowest BCUT2D eigenvalue weighted by Crippen LogP contribution is -2.22. The minimum atomic E-state index is -0.544. The minimum absolute atomic E-state index is 0.155. The number of aliphatic hydroxyl groups excluding tert-OH is 1. The molecule has 0 saturated carbocycles. The molecule has 11 heteroatoms. The van der Waals surface area contributed by atoms with Gasteiger partial charge in [-0.1, -0.05) is 5.11 Å². The highest BCUT2D eigenvalue weighted by atomic mass is 32.2. The molecule has 22 heavy (non-hydrogen) atoms. The average molecular weight is 322 g/mol. The molecule has 3 heterocycles. The molecule has 0 aromatic carbocycles. The van der Waals surface area contributed by atoms with Gasteiger partial charge in [0.05, 0.1) is 25.1 Å². The largest absolute Gasteiger partial charge is 0.394 e. The second kappa shape index (κ2) is 5.97. The molecule has 10 nitrogen and oxygen atoms in total. The van der Waals surface area contributed by atoms with Gasteiger partial charge in [0.2, 0.25) is 5.95 Å². The van der Waals surface area contributed by atoms with Gasteiger partial charge in [0.15, 0.2) is 5.65 Å². The van der Waals surface area contributed by atoms with Crippen molar-refractivity contribution in [3.63, 3.8) is 0 Å². The van der Waals surface area contributed by atoms with E-state index in [1.807, 2.05) is 6.26 Å². The van der Waals surface area contributed by atoms with Gasteiger partial charge in [0.1, 0.15) is 16.8 Å². The van der Waals surface area contributed by atoms with Crippen LogP contribution in [0.2, 0.25) is 0 Å². The number of aliphatic hydroxyl groups is 1. The Bertz CT molecular complexity index is 743. The molecule has 1 aliphatic rings. The van der Waals surface area contributed by atoms with Gasteiger partial charge >= 0.3 is 0 Å². The van der Waals surface area contributed by atoms with Gasteiger partial charge in [0.25, 0.3) is 0 Å². The highest BCUT2D eigenvalue weighted by Crippen LogP contribution is 2.33. The molecule has 3 rings (SSSR count). The van der Waals surface area contributed by atoms with Crippen LogP contribution in [0.25, 0.3) is 21.6 Å². The summed E-state index contributed by atoms with van der Waals surface area (Å²) < 4.78 is 7.47. The van der Waals surface area contributed by atoms with Crippen LogP contribution in [0.1, 0.15) is 12.6 Å². The maximum absolute atomic E-state index is 9.34. The number of imidazole rings is 1. The molecule has 1 fully saturated rings. The number of hydrogen-bond donors (Lipinski definition) is 2. The van der Waals surface area contributed by atoms with Crippen molar-refractivity contribution in [2.24, 2.45) is 5.11 Å². The maximum atomic E-state index is 9.34. The van der Waals surface area contributed by atoms with Crippen LogP contribution in [0.5, 0.6) is 0 Å². The van der Waals surface area contributed by atoms with Crippen molar-refractivity contribution < 1.29 is 9.84 Å². The van der Waals surface area contributed by atoms with Crippen LogP contribution in [-0.4, -0.2) is 49.6 Å². The van der Waals surface area contributed by atoms with Crippen molar-refractivity contribution in [3.8, 4) is 0 Å². The molecule has 2 aromatic rings. The first-order valence-corrected chi connectivity index (χ1v) is 7.75. The third kappa shape index (κ3) is 2.44. The molecule has 3 atom stereocenters. The molecule has 1 saturated heterocycles. The first-order chi connectivity index (χ1) is 10.7. The summed E-state index contributed by atoms with van der Waals surface area (Å²) in [5, 5.41) is 13.7. The standard InChI is InChI=1S/C11H14N8O2S/c1-22-10-8-9(15-11(12)16-10)19(4-14-8)7-2-5(17-18-13)6(3-20)21-7/h4-7,20H,2-3H2,1H3,(H2,12,15,16)/t5-,6+,7+/m0/s1. The Labute approximate surface area is 129 Å². The Morgan fingerprint density at radius 2 is 2.45 bits per heavy atom. The van der Waals surface area contributed by atoms with Gasteiger partial charge in [-0.15, -0.1) is 11.8 Å². The predicted molar refractivity (Wildman–Crippen MR) is 80.1 cm³/mol. The normalized spacial score (nSPS) is 24.5. The van der Waals surface area contributed by atoms with E-state index in [0.717, 1.165) is 0 Å². The average Bonchev–Trinajstić information content (AvgIpc) is 3.10. The third-order valence-electron chi connectivity index (χ3n) is 3.49. The molecule has 0 bridgehead atoms. The Hall–Kier alpha value is -2.07. The van der Waals surface area contributed by atoms with Gasteiger partial charge in [-0.3, -0.25) is 4.57 Å². The molecule has 1 aliphatic heterocycles. The lowest BCUT2D eigenvalue weighted by Gasteiger charge is -2.14. The van der Waals surface area contributed by atoms with E-state index in [2.05, 4.69) is 25.0 Å². The van der Waals surface area contributed by atoms with Crippen molar-refractivity contribution in [1.82, 2.24) is 19.5 Å². The zero-order valence-corrected chi connectivity index (χ0v) is 12.5. The lowest BCUT2D eigenvalue weighted by molar-refractivity contribution is -0.0232. The summed E-state index contributed by atoms with van der Waals surface area (Å²) in [5.74, 6) is 0.155. The first-order valence-electron chi connectivity index (χ1n) is 6.52. The van der Waals surface area contributed by atoms with E-state index < -0.39 is 18.4 Å². The Balaban J connectivity index is 2.01. The maximum Gasteiger partial charge on any atom is 0.223 e. The van der Waals surface area contributed by atoms with Crippen LogP contribution < -0.4 is 5.73 Å². The summed E-state index contributed by atoms with van der Waals surface area (Å²) in [6, 6.07) is -0.434. The molecule has 0 amide bonds. The summed E-state index contributed by atoms with van der Waals surface area (Å²) >= 11 is 1.43. The molecule has 0 unspecified atom stereocenters. The minimum Gasteiger partial charge on any atom is -0.394 e. The van der Waals surface area contributed by atoms with E-state index in [1.54, 1.807) is 10.9 Å². The van der Waals surface area contributed by atoms with Crippen LogP contribution in [0.15, 0.2) is 16.5 Å². The number of nitrogens with zero attached hydrogens (tertiary/aromatic N) is 7. The van der Waals surface area contributed by atoms with E-state index in [0.29, 0.717) is 22.6 Å². The Morgan fingerprint density at radius 3 is 3.14 bits per heavy atom. The number of rotatable bonds is 4. The molecule has 0 aliphatic carbocycles. The van der Waals surface area contributed by atoms with Gasteiger partial charge in [-0.05, 0) is 11.8 Å². The van der Waals surface area contributed by atoms with Crippen molar-refractivity contribution in [3.05, 3.63) is 16.8 Å². The molecule has 2 aromatic heterocycles. The molecular formula is C11H14N8O2S. The Kier molecular flexibility index (Phi) is 4.03. The smallest absolute Gasteiger partial charge is 0.223 e. The number of anilines is 1. The van der Waals surface area contributed by atoms with Crippen molar-refractivity contribution in [1.29, 1.82) is 0 Å². The highest BCUT2D eigenvalue weighted by molar-refractivity contribution is 7.98. The summed E-state index contributed by atoms with van der Waals surface area (Å²) in [6.45, 7) is -0.222. The number of nitrogens with two attached hydrogens (primary N) is 1. The van der Waals surface area contributed by atoms with Crippen LogP contribution in [0.4, 0.5) is 5.95 Å². The highest BCUT2D eigenvalue weighted by Gasteiger charge is 2.36. The second-order valence-corrected chi connectivity index (χ2v) is 5.53. The number of thioether (sulfide) groups is 1. The molecule has 0 radical (unpaired) electrons. The first kappa shape index (κ1) is 14.9. The van der Waals surface area contributed by atoms with Crippen LogP contribution >= 0.6 is 11.8 Å². The van der Waals surface area contributed by atoms with Crippen molar-refractivity contribution in [2.75, 3.05) is 18.6 Å². The fourth-order valence-corrected chi connectivity index (χ4v) is 3.02. The second-order valence-electron chi connectivity index (χ2n) is 4.73. The van der Waals surface area contributed by atoms with E-state index in [-0.39, 0.29) is 12.6 Å². The van der Waals surface area contributed by atoms with E-state index in [4.69, 9.17) is 16.0 Å². The van der Waals surface area contributed by atoms with Crippen molar-refractivity contribution in [2.45, 2.75) is 29.8 Å².